The molecule has 0 saturated heterocycles. The Morgan fingerprint density at radius 3 is 2.30 bits per heavy atom. The van der Waals surface area contributed by atoms with E-state index >= 15 is 0 Å². The van der Waals surface area contributed by atoms with Crippen LogP contribution in [0.1, 0.15) is 32.9 Å². The highest BCUT2D eigenvalue weighted by Gasteiger charge is 2.18. The molecule has 0 radical (unpaired) electrons. The maximum absolute atomic E-state index is 12.6. The first-order valence-corrected chi connectivity index (χ1v) is 10.3. The van der Waals surface area contributed by atoms with Crippen molar-refractivity contribution in [2.24, 2.45) is 0 Å². The van der Waals surface area contributed by atoms with Crippen molar-refractivity contribution in [3.63, 3.8) is 0 Å². The molecule has 0 atom stereocenters. The van der Waals surface area contributed by atoms with Crippen molar-refractivity contribution in [3.05, 3.63) is 88.7 Å². The summed E-state index contributed by atoms with van der Waals surface area (Å²) in [5, 5.41) is 7.59. The molecule has 27 heavy (non-hydrogen) atoms. The number of hydrogen-bond donors (Lipinski definition) is 1. The third-order valence-electron chi connectivity index (χ3n) is 4.43. The fourth-order valence-electron chi connectivity index (χ4n) is 3.03. The number of aromatic nitrogens is 2. The van der Waals surface area contributed by atoms with E-state index in [1.165, 1.54) is 11.1 Å². The minimum Gasteiger partial charge on any atom is -0.351 e. The number of carbonyl (C=O) groups is 1. The number of nitrogens with zero attached hydrogens (tertiary/aromatic N) is 2. The summed E-state index contributed by atoms with van der Waals surface area (Å²) in [5.41, 5.74) is 4.86. The van der Waals surface area contributed by atoms with E-state index in [2.05, 4.69) is 46.8 Å². The second-order valence-corrected chi connectivity index (χ2v) is 7.59. The van der Waals surface area contributed by atoms with Gasteiger partial charge in [0.1, 0.15) is 0 Å². The van der Waals surface area contributed by atoms with Gasteiger partial charge in [-0.2, -0.15) is 16.9 Å². The molecule has 0 fully saturated rings. The van der Waals surface area contributed by atoms with Crippen LogP contribution >= 0.6 is 11.8 Å². The number of hydrogen-bond acceptors (Lipinski definition) is 3. The van der Waals surface area contributed by atoms with E-state index in [0.717, 1.165) is 22.9 Å². The van der Waals surface area contributed by atoms with Gasteiger partial charge >= 0.3 is 0 Å². The van der Waals surface area contributed by atoms with Crippen LogP contribution in [0.15, 0.2) is 60.7 Å². The number of amides is 1. The van der Waals surface area contributed by atoms with E-state index in [0.29, 0.717) is 18.7 Å². The van der Waals surface area contributed by atoms with Crippen molar-refractivity contribution in [2.75, 3.05) is 12.3 Å². The SMILES string of the molecule is Cc1nn(Cc2ccccc2)c(C)c1C(=O)NCCSCc1ccccc1. The smallest absolute Gasteiger partial charge is 0.255 e. The topological polar surface area (TPSA) is 46.9 Å². The number of thioether (sulfide) groups is 1. The van der Waals surface area contributed by atoms with Crippen molar-refractivity contribution in [1.82, 2.24) is 15.1 Å². The molecule has 2 aromatic carbocycles. The third kappa shape index (κ3) is 5.23. The highest BCUT2D eigenvalue weighted by atomic mass is 32.2. The Kier molecular flexibility index (Phi) is 6.71. The zero-order valence-electron chi connectivity index (χ0n) is 15.8. The van der Waals surface area contributed by atoms with Gasteiger partial charge in [0.2, 0.25) is 0 Å². The molecule has 140 valence electrons. The maximum Gasteiger partial charge on any atom is 0.255 e. The molecule has 0 aliphatic rings. The average Bonchev–Trinajstić information content (AvgIpc) is 2.96. The van der Waals surface area contributed by atoms with Crippen LogP contribution < -0.4 is 5.32 Å². The second kappa shape index (κ2) is 9.42. The van der Waals surface area contributed by atoms with Gasteiger partial charge in [0, 0.05) is 23.7 Å². The molecule has 0 aliphatic heterocycles. The summed E-state index contributed by atoms with van der Waals surface area (Å²) in [6.07, 6.45) is 0. The molecule has 4 nitrogen and oxygen atoms in total. The van der Waals surface area contributed by atoms with E-state index in [4.69, 9.17) is 0 Å². The highest BCUT2D eigenvalue weighted by molar-refractivity contribution is 7.98. The quantitative estimate of drug-likeness (QED) is 0.596. The number of aryl methyl sites for hydroxylation is 1. The van der Waals surface area contributed by atoms with Gasteiger partial charge in [-0.05, 0) is 25.0 Å². The monoisotopic (exact) mass is 379 g/mol. The zero-order chi connectivity index (χ0) is 19.1. The Hall–Kier alpha value is -2.53. The van der Waals surface area contributed by atoms with Crippen molar-refractivity contribution >= 4 is 17.7 Å². The van der Waals surface area contributed by atoms with E-state index in [1.807, 2.05) is 54.6 Å². The van der Waals surface area contributed by atoms with Crippen LogP contribution in [0.4, 0.5) is 0 Å². The van der Waals surface area contributed by atoms with Crippen LogP contribution in [-0.4, -0.2) is 28.0 Å². The van der Waals surface area contributed by atoms with Gasteiger partial charge in [0.05, 0.1) is 17.8 Å². The minimum absolute atomic E-state index is 0.0374. The molecule has 3 rings (SSSR count). The standard InChI is InChI=1S/C22H25N3OS/c1-17-21(18(2)25(24-17)15-19-9-5-3-6-10-19)22(26)23-13-14-27-16-20-11-7-4-8-12-20/h3-12H,13-16H2,1-2H3,(H,23,26). The van der Waals surface area contributed by atoms with E-state index < -0.39 is 0 Å². The van der Waals surface area contributed by atoms with E-state index in [9.17, 15) is 4.79 Å². The summed E-state index contributed by atoms with van der Waals surface area (Å²) in [6, 6.07) is 20.5. The van der Waals surface area contributed by atoms with E-state index in [-0.39, 0.29) is 5.91 Å². The molecule has 3 aromatic rings. The Balaban J connectivity index is 1.52. The number of benzene rings is 2. The maximum atomic E-state index is 12.6. The highest BCUT2D eigenvalue weighted by Crippen LogP contribution is 2.15. The fraction of sp³-hybridized carbons (Fsp3) is 0.273. The lowest BCUT2D eigenvalue weighted by Crippen LogP contribution is -2.26. The molecular weight excluding hydrogens is 354 g/mol. The summed E-state index contributed by atoms with van der Waals surface area (Å²) in [4.78, 5) is 12.6. The number of nitrogens with one attached hydrogen (secondary N) is 1. The van der Waals surface area contributed by atoms with Crippen LogP contribution in [0.2, 0.25) is 0 Å². The van der Waals surface area contributed by atoms with Gasteiger partial charge in [0.15, 0.2) is 0 Å². The Bertz CT molecular complexity index is 875. The molecule has 0 unspecified atom stereocenters. The molecule has 0 spiro atoms. The van der Waals surface area contributed by atoms with Gasteiger partial charge in [0.25, 0.3) is 5.91 Å². The third-order valence-corrected chi connectivity index (χ3v) is 5.46. The Morgan fingerprint density at radius 1 is 1.00 bits per heavy atom. The van der Waals surface area contributed by atoms with Crippen LogP contribution in [-0.2, 0) is 12.3 Å². The lowest BCUT2D eigenvalue weighted by molar-refractivity contribution is 0.0955. The average molecular weight is 380 g/mol. The van der Waals surface area contributed by atoms with Crippen molar-refractivity contribution < 1.29 is 4.79 Å². The molecule has 0 saturated carbocycles. The van der Waals surface area contributed by atoms with Crippen molar-refractivity contribution in [3.8, 4) is 0 Å². The van der Waals surface area contributed by atoms with Crippen LogP contribution in [0.5, 0.6) is 0 Å². The summed E-state index contributed by atoms with van der Waals surface area (Å²) in [7, 11) is 0. The predicted octanol–water partition coefficient (Wildman–Crippen LogP) is 4.21. The Labute approximate surface area is 165 Å². The van der Waals surface area contributed by atoms with Crippen LogP contribution in [0.25, 0.3) is 0 Å². The minimum atomic E-state index is -0.0374. The lowest BCUT2D eigenvalue weighted by Gasteiger charge is -2.07. The van der Waals surface area contributed by atoms with Gasteiger partial charge in [-0.15, -0.1) is 0 Å². The molecule has 1 amide bonds. The molecule has 0 aliphatic carbocycles. The van der Waals surface area contributed by atoms with E-state index in [1.54, 1.807) is 0 Å². The summed E-state index contributed by atoms with van der Waals surface area (Å²) < 4.78 is 1.91. The molecular formula is C22H25N3OS. The summed E-state index contributed by atoms with van der Waals surface area (Å²) in [5.74, 6) is 1.81. The van der Waals surface area contributed by atoms with Crippen LogP contribution in [0.3, 0.4) is 0 Å². The summed E-state index contributed by atoms with van der Waals surface area (Å²) >= 11 is 1.82. The molecule has 5 heteroatoms. The Morgan fingerprint density at radius 2 is 1.63 bits per heavy atom. The van der Waals surface area contributed by atoms with Gasteiger partial charge in [-0.1, -0.05) is 60.7 Å². The normalized spacial score (nSPS) is 10.7. The molecule has 1 N–H and O–H groups in total. The molecule has 0 bridgehead atoms. The zero-order valence-corrected chi connectivity index (χ0v) is 16.6. The molecule has 1 heterocycles. The van der Waals surface area contributed by atoms with Crippen molar-refractivity contribution in [2.45, 2.75) is 26.1 Å². The fourth-order valence-corrected chi connectivity index (χ4v) is 3.84. The van der Waals surface area contributed by atoms with Crippen molar-refractivity contribution in [1.29, 1.82) is 0 Å². The molecule has 1 aromatic heterocycles. The van der Waals surface area contributed by atoms with Gasteiger partial charge in [-0.25, -0.2) is 0 Å². The van der Waals surface area contributed by atoms with Crippen LogP contribution in [0, 0.1) is 13.8 Å². The van der Waals surface area contributed by atoms with Gasteiger partial charge < -0.3 is 5.32 Å². The predicted molar refractivity (Wildman–Crippen MR) is 112 cm³/mol. The summed E-state index contributed by atoms with van der Waals surface area (Å²) in [6.45, 7) is 5.18. The van der Waals surface area contributed by atoms with Gasteiger partial charge in [-0.3, -0.25) is 9.48 Å². The first-order valence-electron chi connectivity index (χ1n) is 9.13. The largest absolute Gasteiger partial charge is 0.351 e. The number of carbonyl (C=O) groups excluding carboxylic acids is 1. The first kappa shape index (κ1) is 19.2. The lowest BCUT2D eigenvalue weighted by atomic mass is 10.2. The number of rotatable bonds is 8. The first-order chi connectivity index (χ1) is 13.1. The second-order valence-electron chi connectivity index (χ2n) is 6.48.